The summed E-state index contributed by atoms with van der Waals surface area (Å²) in [6.45, 7) is 4.78. The summed E-state index contributed by atoms with van der Waals surface area (Å²) >= 11 is 0. The average Bonchev–Trinajstić information content (AvgIpc) is 2.38. The van der Waals surface area contributed by atoms with E-state index >= 15 is 0 Å². The van der Waals surface area contributed by atoms with Crippen LogP contribution in [0.3, 0.4) is 0 Å². The van der Waals surface area contributed by atoms with Gasteiger partial charge in [-0.1, -0.05) is 25.1 Å². The Kier molecular flexibility index (Phi) is 4.23. The van der Waals surface area contributed by atoms with E-state index in [0.29, 0.717) is 5.92 Å². The van der Waals surface area contributed by atoms with Crippen molar-refractivity contribution in [3.8, 4) is 5.75 Å². The highest BCUT2D eigenvalue weighted by molar-refractivity contribution is 5.33. The lowest BCUT2D eigenvalue weighted by molar-refractivity contribution is 0.0496. The first-order valence-corrected chi connectivity index (χ1v) is 6.18. The van der Waals surface area contributed by atoms with Gasteiger partial charge in [0.15, 0.2) is 0 Å². The Morgan fingerprint density at radius 3 is 2.75 bits per heavy atom. The molecule has 0 amide bonds. The molecule has 0 aliphatic carbocycles. The van der Waals surface area contributed by atoms with Gasteiger partial charge in [-0.05, 0) is 36.8 Å². The topological polar surface area (TPSA) is 18.5 Å². The molecule has 0 saturated carbocycles. The van der Waals surface area contributed by atoms with E-state index in [1.54, 1.807) is 0 Å². The van der Waals surface area contributed by atoms with Crippen LogP contribution in [-0.4, -0.2) is 19.8 Å². The molecule has 0 aromatic heterocycles. The smallest absolute Gasteiger partial charge is 0.122 e. The largest absolute Gasteiger partial charge is 0.493 e. The predicted octanol–water partition coefficient (Wildman–Crippen LogP) is 3.05. The standard InChI is InChI=1S/C14H20O2/c1-2-13-5-3-4-6-14(13)16-11-12-7-9-15-10-8-12/h3-6,12H,2,7-11H2,1H3. The van der Waals surface area contributed by atoms with Gasteiger partial charge in [-0.25, -0.2) is 0 Å². The predicted molar refractivity (Wildman–Crippen MR) is 64.9 cm³/mol. The molecule has 1 fully saturated rings. The van der Waals surface area contributed by atoms with Crippen molar-refractivity contribution >= 4 is 0 Å². The van der Waals surface area contributed by atoms with Crippen LogP contribution in [0.1, 0.15) is 25.3 Å². The van der Waals surface area contributed by atoms with Crippen molar-refractivity contribution in [2.75, 3.05) is 19.8 Å². The lowest BCUT2D eigenvalue weighted by Gasteiger charge is -2.22. The molecule has 88 valence electrons. The minimum absolute atomic E-state index is 0.665. The van der Waals surface area contributed by atoms with Gasteiger partial charge in [0.25, 0.3) is 0 Å². The van der Waals surface area contributed by atoms with Gasteiger partial charge in [-0.2, -0.15) is 0 Å². The number of benzene rings is 1. The Labute approximate surface area is 97.6 Å². The molecule has 0 radical (unpaired) electrons. The van der Waals surface area contributed by atoms with Gasteiger partial charge in [0.2, 0.25) is 0 Å². The summed E-state index contributed by atoms with van der Waals surface area (Å²) < 4.78 is 11.3. The fourth-order valence-electron chi connectivity index (χ4n) is 2.06. The molecule has 0 N–H and O–H groups in total. The van der Waals surface area contributed by atoms with E-state index in [4.69, 9.17) is 9.47 Å². The summed E-state index contributed by atoms with van der Waals surface area (Å²) in [6, 6.07) is 8.32. The molecule has 1 heterocycles. The maximum absolute atomic E-state index is 5.91. The van der Waals surface area contributed by atoms with Crippen LogP contribution in [0.2, 0.25) is 0 Å². The van der Waals surface area contributed by atoms with Gasteiger partial charge in [0.1, 0.15) is 5.75 Å². The SMILES string of the molecule is CCc1ccccc1OCC1CCOCC1. The van der Waals surface area contributed by atoms with Crippen molar-refractivity contribution in [2.24, 2.45) is 5.92 Å². The van der Waals surface area contributed by atoms with Crippen molar-refractivity contribution in [3.63, 3.8) is 0 Å². The number of ether oxygens (including phenoxy) is 2. The van der Waals surface area contributed by atoms with E-state index < -0.39 is 0 Å². The van der Waals surface area contributed by atoms with E-state index in [9.17, 15) is 0 Å². The van der Waals surface area contributed by atoms with Crippen LogP contribution >= 0.6 is 0 Å². The molecule has 1 aromatic rings. The minimum atomic E-state index is 0.665. The van der Waals surface area contributed by atoms with Gasteiger partial charge in [-0.3, -0.25) is 0 Å². The first kappa shape index (κ1) is 11.5. The Balaban J connectivity index is 1.88. The normalized spacial score (nSPS) is 17.3. The highest BCUT2D eigenvalue weighted by atomic mass is 16.5. The second-order valence-electron chi connectivity index (χ2n) is 4.33. The molecule has 0 atom stereocenters. The quantitative estimate of drug-likeness (QED) is 0.776. The van der Waals surface area contributed by atoms with Crippen LogP contribution < -0.4 is 4.74 Å². The Hall–Kier alpha value is -1.02. The Bertz CT molecular complexity index is 316. The number of hydrogen-bond donors (Lipinski definition) is 0. The Morgan fingerprint density at radius 1 is 1.25 bits per heavy atom. The van der Waals surface area contributed by atoms with Gasteiger partial charge in [0.05, 0.1) is 6.61 Å². The minimum Gasteiger partial charge on any atom is -0.493 e. The van der Waals surface area contributed by atoms with Crippen molar-refractivity contribution in [1.29, 1.82) is 0 Å². The third-order valence-electron chi connectivity index (χ3n) is 3.17. The zero-order chi connectivity index (χ0) is 11.2. The molecule has 1 saturated heterocycles. The molecule has 2 heteroatoms. The first-order chi connectivity index (χ1) is 7.90. The third kappa shape index (κ3) is 2.99. The van der Waals surface area contributed by atoms with Crippen LogP contribution in [0.4, 0.5) is 0 Å². The van der Waals surface area contributed by atoms with E-state index in [-0.39, 0.29) is 0 Å². The van der Waals surface area contributed by atoms with Crippen molar-refractivity contribution in [1.82, 2.24) is 0 Å². The van der Waals surface area contributed by atoms with Gasteiger partial charge >= 0.3 is 0 Å². The zero-order valence-corrected chi connectivity index (χ0v) is 9.95. The number of aryl methyl sites for hydroxylation is 1. The summed E-state index contributed by atoms with van der Waals surface area (Å²) in [5.41, 5.74) is 1.30. The Morgan fingerprint density at radius 2 is 2.00 bits per heavy atom. The fraction of sp³-hybridized carbons (Fsp3) is 0.571. The number of hydrogen-bond acceptors (Lipinski definition) is 2. The molecule has 2 nitrogen and oxygen atoms in total. The summed E-state index contributed by atoms with van der Waals surface area (Å²) in [5, 5.41) is 0. The molecular weight excluding hydrogens is 200 g/mol. The van der Waals surface area contributed by atoms with Crippen LogP contribution in [0.25, 0.3) is 0 Å². The number of para-hydroxylation sites is 1. The highest BCUT2D eigenvalue weighted by Gasteiger charge is 2.14. The molecular formula is C14H20O2. The van der Waals surface area contributed by atoms with Gasteiger partial charge < -0.3 is 9.47 Å². The molecule has 1 aliphatic heterocycles. The summed E-state index contributed by atoms with van der Waals surface area (Å²) in [4.78, 5) is 0. The highest BCUT2D eigenvalue weighted by Crippen LogP contribution is 2.21. The summed E-state index contributed by atoms with van der Waals surface area (Å²) in [7, 11) is 0. The van der Waals surface area contributed by atoms with Crippen LogP contribution in [0, 0.1) is 5.92 Å². The molecule has 2 rings (SSSR count). The maximum atomic E-state index is 5.91. The average molecular weight is 220 g/mol. The van der Waals surface area contributed by atoms with Crippen molar-refractivity contribution < 1.29 is 9.47 Å². The van der Waals surface area contributed by atoms with Crippen molar-refractivity contribution in [3.05, 3.63) is 29.8 Å². The van der Waals surface area contributed by atoms with E-state index in [1.165, 1.54) is 5.56 Å². The van der Waals surface area contributed by atoms with Crippen molar-refractivity contribution in [2.45, 2.75) is 26.2 Å². The molecule has 16 heavy (non-hydrogen) atoms. The second kappa shape index (κ2) is 5.90. The zero-order valence-electron chi connectivity index (χ0n) is 9.95. The van der Waals surface area contributed by atoms with E-state index in [2.05, 4.69) is 25.1 Å². The third-order valence-corrected chi connectivity index (χ3v) is 3.17. The van der Waals surface area contributed by atoms with Gasteiger partial charge in [0, 0.05) is 13.2 Å². The molecule has 1 aliphatic rings. The maximum Gasteiger partial charge on any atom is 0.122 e. The van der Waals surface area contributed by atoms with E-state index in [1.807, 2.05) is 6.07 Å². The lowest BCUT2D eigenvalue weighted by atomic mass is 10.0. The molecule has 0 unspecified atom stereocenters. The van der Waals surface area contributed by atoms with Crippen LogP contribution in [-0.2, 0) is 11.2 Å². The van der Waals surface area contributed by atoms with E-state index in [0.717, 1.165) is 44.8 Å². The first-order valence-electron chi connectivity index (χ1n) is 6.18. The fourth-order valence-corrected chi connectivity index (χ4v) is 2.06. The summed E-state index contributed by atoms with van der Waals surface area (Å²) in [6.07, 6.45) is 3.30. The van der Waals surface area contributed by atoms with Crippen LogP contribution in [0.5, 0.6) is 5.75 Å². The number of rotatable bonds is 4. The monoisotopic (exact) mass is 220 g/mol. The molecule has 0 bridgehead atoms. The van der Waals surface area contributed by atoms with Crippen LogP contribution in [0.15, 0.2) is 24.3 Å². The lowest BCUT2D eigenvalue weighted by Crippen LogP contribution is -2.21. The van der Waals surface area contributed by atoms with Gasteiger partial charge in [-0.15, -0.1) is 0 Å². The molecule has 0 spiro atoms. The summed E-state index contributed by atoms with van der Waals surface area (Å²) in [5.74, 6) is 1.72. The molecule has 1 aromatic carbocycles. The second-order valence-corrected chi connectivity index (χ2v) is 4.33.